The normalized spacial score (nSPS) is 11.3. The maximum atomic E-state index is 12.5. The number of guanidine groups is 1. The molecule has 140 valence electrons. The van der Waals surface area contributed by atoms with Gasteiger partial charge in [0.15, 0.2) is 5.96 Å². The lowest BCUT2D eigenvalue weighted by Crippen LogP contribution is -2.44. The summed E-state index contributed by atoms with van der Waals surface area (Å²) >= 11 is 1.65. The average Bonchev–Trinajstić information content (AvgIpc) is 3.08. The molecule has 26 heavy (non-hydrogen) atoms. The van der Waals surface area contributed by atoms with Crippen molar-refractivity contribution in [3.05, 3.63) is 52.0 Å². The summed E-state index contributed by atoms with van der Waals surface area (Å²) in [7, 11) is 1.70. The third-order valence-corrected chi connectivity index (χ3v) is 4.74. The molecule has 0 spiro atoms. The molecule has 0 unspecified atom stereocenters. The van der Waals surface area contributed by atoms with E-state index in [1.165, 1.54) is 0 Å². The summed E-state index contributed by atoms with van der Waals surface area (Å²) in [6.07, 6.45) is 0.827. The fourth-order valence-electron chi connectivity index (χ4n) is 2.50. The molecule has 2 aromatic rings. The summed E-state index contributed by atoms with van der Waals surface area (Å²) in [6.45, 7) is 6.22. The number of benzene rings is 1. The molecule has 0 aliphatic heterocycles. The lowest BCUT2D eigenvalue weighted by Gasteiger charge is -2.22. The Kier molecular flexibility index (Phi) is 8.08. The van der Waals surface area contributed by atoms with Crippen LogP contribution in [0.4, 0.5) is 0 Å². The number of amides is 1. The van der Waals surface area contributed by atoms with Gasteiger partial charge in [-0.25, -0.2) is 4.98 Å². The van der Waals surface area contributed by atoms with Crippen LogP contribution in [0.2, 0.25) is 0 Å². The minimum absolute atomic E-state index is 0.0504. The van der Waals surface area contributed by atoms with Crippen molar-refractivity contribution in [1.82, 2.24) is 20.5 Å². The summed E-state index contributed by atoms with van der Waals surface area (Å²) in [5, 5.41) is 9.46. The average molecular weight is 374 g/mol. The Balaban J connectivity index is 1.76. The highest BCUT2D eigenvalue weighted by Crippen LogP contribution is 2.07. The molecule has 0 radical (unpaired) electrons. The van der Waals surface area contributed by atoms with Gasteiger partial charge in [-0.1, -0.05) is 30.3 Å². The minimum Gasteiger partial charge on any atom is -0.356 e. The molecule has 1 amide bonds. The van der Waals surface area contributed by atoms with Gasteiger partial charge >= 0.3 is 0 Å². The second-order valence-electron chi connectivity index (χ2n) is 5.85. The molecule has 1 heterocycles. The topological polar surface area (TPSA) is 69.6 Å². The molecule has 0 saturated carbocycles. The van der Waals surface area contributed by atoms with E-state index in [2.05, 4.69) is 26.0 Å². The van der Waals surface area contributed by atoms with Gasteiger partial charge in [-0.3, -0.25) is 9.79 Å². The smallest absolute Gasteiger partial charge is 0.242 e. The van der Waals surface area contributed by atoms with Crippen molar-refractivity contribution in [3.8, 4) is 0 Å². The van der Waals surface area contributed by atoms with Gasteiger partial charge in [0.1, 0.15) is 0 Å². The lowest BCUT2D eigenvalue weighted by atomic mass is 10.2. The van der Waals surface area contributed by atoms with E-state index >= 15 is 0 Å². The molecule has 0 atom stereocenters. The highest BCUT2D eigenvalue weighted by molar-refractivity contribution is 7.09. The van der Waals surface area contributed by atoms with E-state index in [9.17, 15) is 4.79 Å². The Morgan fingerprint density at radius 3 is 2.65 bits per heavy atom. The summed E-state index contributed by atoms with van der Waals surface area (Å²) in [4.78, 5) is 22.9. The van der Waals surface area contributed by atoms with Gasteiger partial charge in [-0.2, -0.15) is 0 Å². The Morgan fingerprint density at radius 1 is 1.27 bits per heavy atom. The van der Waals surface area contributed by atoms with Gasteiger partial charge in [0.2, 0.25) is 5.91 Å². The number of aryl methyl sites for hydroxylation is 1. The van der Waals surface area contributed by atoms with Crippen LogP contribution in [0.15, 0.2) is 40.7 Å². The minimum atomic E-state index is 0.0504. The molecular formula is C19H27N5OS. The number of hydrogen-bond donors (Lipinski definition) is 2. The van der Waals surface area contributed by atoms with Gasteiger partial charge in [0, 0.05) is 38.5 Å². The lowest BCUT2D eigenvalue weighted by molar-refractivity contribution is -0.130. The number of aliphatic imine (C=N–C) groups is 1. The second kappa shape index (κ2) is 10.6. The van der Waals surface area contributed by atoms with E-state index in [4.69, 9.17) is 0 Å². The monoisotopic (exact) mass is 373 g/mol. The summed E-state index contributed by atoms with van der Waals surface area (Å²) in [5.74, 6) is 0.676. The zero-order valence-corrected chi connectivity index (χ0v) is 16.5. The molecule has 1 aromatic heterocycles. The SMILES string of the molecule is CCN(Cc1ccccc1)C(=O)CNC(=NC)NCCc1csc(C)n1. The van der Waals surface area contributed by atoms with Gasteiger partial charge in [-0.05, 0) is 19.4 Å². The maximum absolute atomic E-state index is 12.5. The first-order valence-electron chi connectivity index (χ1n) is 8.79. The third-order valence-electron chi connectivity index (χ3n) is 3.92. The molecule has 0 saturated heterocycles. The maximum Gasteiger partial charge on any atom is 0.242 e. The van der Waals surface area contributed by atoms with Crippen LogP contribution in [0, 0.1) is 6.92 Å². The number of hydrogen-bond acceptors (Lipinski definition) is 4. The molecule has 0 fully saturated rings. The van der Waals surface area contributed by atoms with Crippen LogP contribution >= 0.6 is 11.3 Å². The van der Waals surface area contributed by atoms with E-state index < -0.39 is 0 Å². The van der Waals surface area contributed by atoms with Crippen molar-refractivity contribution in [1.29, 1.82) is 0 Å². The molecule has 0 aliphatic rings. The molecule has 2 N–H and O–H groups in total. The fourth-order valence-corrected chi connectivity index (χ4v) is 3.15. The van der Waals surface area contributed by atoms with Crippen LogP contribution in [0.1, 0.15) is 23.2 Å². The molecule has 0 bridgehead atoms. The van der Waals surface area contributed by atoms with E-state index in [0.717, 1.165) is 29.2 Å². The standard InChI is InChI=1S/C19H27N5OS/c1-4-24(13-16-8-6-5-7-9-16)18(25)12-22-19(20-3)21-11-10-17-14-26-15(2)23-17/h5-9,14H,4,10-13H2,1-3H3,(H2,20,21,22). The summed E-state index contributed by atoms with van der Waals surface area (Å²) in [6, 6.07) is 10.0. The van der Waals surface area contributed by atoms with Gasteiger partial charge in [-0.15, -0.1) is 11.3 Å². The van der Waals surface area contributed by atoms with Crippen LogP contribution in [-0.2, 0) is 17.8 Å². The van der Waals surface area contributed by atoms with Crippen LogP contribution in [0.25, 0.3) is 0 Å². The Morgan fingerprint density at radius 2 is 2.04 bits per heavy atom. The van der Waals surface area contributed by atoms with Crippen LogP contribution < -0.4 is 10.6 Å². The van der Waals surface area contributed by atoms with Crippen LogP contribution in [0.5, 0.6) is 0 Å². The molecule has 2 rings (SSSR count). The van der Waals surface area contributed by atoms with Crippen molar-refractivity contribution < 1.29 is 4.79 Å². The number of thiazole rings is 1. The van der Waals surface area contributed by atoms with Crippen molar-refractivity contribution in [3.63, 3.8) is 0 Å². The molecule has 7 heteroatoms. The van der Waals surface area contributed by atoms with E-state index in [1.54, 1.807) is 18.4 Å². The van der Waals surface area contributed by atoms with Gasteiger partial charge in [0.25, 0.3) is 0 Å². The van der Waals surface area contributed by atoms with Crippen LogP contribution in [0.3, 0.4) is 0 Å². The number of carbonyl (C=O) groups is 1. The predicted molar refractivity (Wildman–Crippen MR) is 107 cm³/mol. The van der Waals surface area contributed by atoms with Crippen LogP contribution in [-0.4, -0.2) is 48.4 Å². The first-order valence-corrected chi connectivity index (χ1v) is 9.67. The Bertz CT molecular complexity index is 714. The molecular weight excluding hydrogens is 346 g/mol. The second-order valence-corrected chi connectivity index (χ2v) is 6.92. The largest absolute Gasteiger partial charge is 0.356 e. The number of nitrogens with zero attached hydrogens (tertiary/aromatic N) is 3. The number of carbonyl (C=O) groups excluding carboxylic acids is 1. The molecule has 6 nitrogen and oxygen atoms in total. The molecule has 0 aliphatic carbocycles. The predicted octanol–water partition coefficient (Wildman–Crippen LogP) is 2.21. The summed E-state index contributed by atoms with van der Waals surface area (Å²) < 4.78 is 0. The van der Waals surface area contributed by atoms with Crippen molar-refractivity contribution in [2.24, 2.45) is 4.99 Å². The highest BCUT2D eigenvalue weighted by atomic mass is 32.1. The zero-order chi connectivity index (χ0) is 18.8. The van der Waals surface area contributed by atoms with Crippen molar-refractivity contribution in [2.75, 3.05) is 26.7 Å². The Labute approximate surface area is 159 Å². The number of rotatable bonds is 8. The van der Waals surface area contributed by atoms with Gasteiger partial charge < -0.3 is 15.5 Å². The van der Waals surface area contributed by atoms with E-state index in [-0.39, 0.29) is 12.5 Å². The quantitative estimate of drug-likeness (QED) is 0.550. The first-order chi connectivity index (χ1) is 12.6. The van der Waals surface area contributed by atoms with Gasteiger partial charge in [0.05, 0.1) is 17.2 Å². The highest BCUT2D eigenvalue weighted by Gasteiger charge is 2.12. The summed E-state index contributed by atoms with van der Waals surface area (Å²) in [5.41, 5.74) is 2.20. The Hall–Kier alpha value is -2.41. The number of likely N-dealkylation sites (N-methyl/N-ethyl adjacent to an activating group) is 1. The fraction of sp³-hybridized carbons (Fsp3) is 0.421. The number of nitrogens with one attached hydrogen (secondary N) is 2. The third kappa shape index (κ3) is 6.48. The molecule has 1 aromatic carbocycles. The number of aromatic nitrogens is 1. The zero-order valence-electron chi connectivity index (χ0n) is 15.7. The van der Waals surface area contributed by atoms with Crippen molar-refractivity contribution in [2.45, 2.75) is 26.8 Å². The van der Waals surface area contributed by atoms with E-state index in [0.29, 0.717) is 19.0 Å². The van der Waals surface area contributed by atoms with Crippen molar-refractivity contribution >= 4 is 23.2 Å². The van der Waals surface area contributed by atoms with E-state index in [1.807, 2.05) is 49.1 Å². The first kappa shape index (κ1) is 19.9.